The number of esters is 1. The number of carbonyl (C=O) groups excluding carboxylic acids is 2. The van der Waals surface area contributed by atoms with Crippen LogP contribution in [0.5, 0.6) is 0 Å². The van der Waals surface area contributed by atoms with Crippen molar-refractivity contribution >= 4 is 17.7 Å². The van der Waals surface area contributed by atoms with Crippen LogP contribution < -0.4 is 5.56 Å². The highest BCUT2D eigenvalue weighted by Gasteiger charge is 2.29. The number of pyridine rings is 1. The van der Waals surface area contributed by atoms with E-state index in [1.165, 1.54) is 0 Å². The molecular weight excluding hydrogens is 440 g/mol. The van der Waals surface area contributed by atoms with Gasteiger partial charge in [0.25, 0.3) is 11.2 Å². The SMILES string of the molecule is CC(C)CC(=O)OC(c1ccccc1)c1cc([N+](=O)[O-])cc(=O)n1C(=O)OCc1ccccc1. The fourth-order valence-corrected chi connectivity index (χ4v) is 3.29. The molecule has 0 aliphatic rings. The van der Waals surface area contributed by atoms with Crippen LogP contribution in [-0.4, -0.2) is 21.6 Å². The van der Waals surface area contributed by atoms with E-state index in [1.807, 2.05) is 13.8 Å². The van der Waals surface area contributed by atoms with Gasteiger partial charge >= 0.3 is 12.1 Å². The van der Waals surface area contributed by atoms with Crippen LogP contribution in [0.15, 0.2) is 77.6 Å². The summed E-state index contributed by atoms with van der Waals surface area (Å²) in [7, 11) is 0. The number of hydrogen-bond acceptors (Lipinski definition) is 7. The zero-order chi connectivity index (χ0) is 24.7. The molecule has 176 valence electrons. The van der Waals surface area contributed by atoms with Gasteiger partial charge < -0.3 is 9.47 Å². The fraction of sp³-hybridized carbons (Fsp3) is 0.240. The standard InChI is InChI=1S/C25H24N2O7/c1-17(2)13-23(29)34-24(19-11-7-4-8-12-19)21-14-20(27(31)32)15-22(28)26(21)25(30)33-16-18-9-5-3-6-10-18/h3-12,14-15,17,24H,13,16H2,1-2H3. The first-order valence-electron chi connectivity index (χ1n) is 10.6. The summed E-state index contributed by atoms with van der Waals surface area (Å²) in [6.07, 6.45) is -2.20. The van der Waals surface area contributed by atoms with Gasteiger partial charge in [-0.1, -0.05) is 74.5 Å². The van der Waals surface area contributed by atoms with Crippen LogP contribution in [-0.2, 0) is 20.9 Å². The summed E-state index contributed by atoms with van der Waals surface area (Å²) in [6.45, 7) is 3.55. The second-order valence-corrected chi connectivity index (χ2v) is 7.99. The van der Waals surface area contributed by atoms with Crippen LogP contribution in [0.3, 0.4) is 0 Å². The number of carbonyl (C=O) groups is 2. The molecular formula is C25H24N2O7. The molecule has 0 saturated heterocycles. The predicted molar refractivity (Wildman–Crippen MR) is 123 cm³/mol. The van der Waals surface area contributed by atoms with Gasteiger partial charge in [0, 0.05) is 12.5 Å². The van der Waals surface area contributed by atoms with Crippen molar-refractivity contribution in [3.63, 3.8) is 0 Å². The quantitative estimate of drug-likeness (QED) is 0.271. The van der Waals surface area contributed by atoms with Crippen molar-refractivity contribution in [2.45, 2.75) is 33.0 Å². The summed E-state index contributed by atoms with van der Waals surface area (Å²) >= 11 is 0. The third kappa shape index (κ3) is 6.16. The van der Waals surface area contributed by atoms with Crippen LogP contribution in [0, 0.1) is 16.0 Å². The van der Waals surface area contributed by atoms with Crippen molar-refractivity contribution < 1.29 is 24.0 Å². The van der Waals surface area contributed by atoms with Crippen LogP contribution >= 0.6 is 0 Å². The van der Waals surface area contributed by atoms with Crippen molar-refractivity contribution in [3.8, 4) is 0 Å². The lowest BCUT2D eigenvalue weighted by molar-refractivity contribution is -0.385. The molecule has 3 aromatic rings. The Bertz CT molecular complexity index is 1220. The minimum Gasteiger partial charge on any atom is -0.451 e. The zero-order valence-electron chi connectivity index (χ0n) is 18.7. The smallest absolute Gasteiger partial charge is 0.421 e. The van der Waals surface area contributed by atoms with Crippen molar-refractivity contribution in [1.82, 2.24) is 4.57 Å². The van der Waals surface area contributed by atoms with E-state index in [0.717, 1.165) is 12.1 Å². The lowest BCUT2D eigenvalue weighted by Gasteiger charge is -2.22. The predicted octanol–water partition coefficient (Wildman–Crippen LogP) is 4.62. The van der Waals surface area contributed by atoms with E-state index in [0.29, 0.717) is 15.7 Å². The Labute approximate surface area is 195 Å². The van der Waals surface area contributed by atoms with Gasteiger partial charge in [-0.2, -0.15) is 0 Å². The van der Waals surface area contributed by atoms with Gasteiger partial charge in [0.05, 0.1) is 16.7 Å². The molecule has 0 radical (unpaired) electrons. The van der Waals surface area contributed by atoms with E-state index in [1.54, 1.807) is 60.7 Å². The highest BCUT2D eigenvalue weighted by Crippen LogP contribution is 2.29. The largest absolute Gasteiger partial charge is 0.451 e. The first-order valence-corrected chi connectivity index (χ1v) is 10.6. The van der Waals surface area contributed by atoms with E-state index >= 15 is 0 Å². The highest BCUT2D eigenvalue weighted by molar-refractivity contribution is 5.73. The van der Waals surface area contributed by atoms with Gasteiger partial charge in [0.15, 0.2) is 6.10 Å². The van der Waals surface area contributed by atoms with Crippen LogP contribution in [0.1, 0.15) is 43.2 Å². The number of ether oxygens (including phenoxy) is 2. The Morgan fingerprint density at radius 3 is 2.21 bits per heavy atom. The van der Waals surface area contributed by atoms with Gasteiger partial charge in [-0.05, 0) is 17.0 Å². The van der Waals surface area contributed by atoms with Crippen molar-refractivity contribution in [3.05, 3.63) is 110 Å². The molecule has 1 atom stereocenters. The first-order chi connectivity index (χ1) is 16.3. The van der Waals surface area contributed by atoms with Crippen LogP contribution in [0.2, 0.25) is 0 Å². The molecule has 0 fully saturated rings. The topological polar surface area (TPSA) is 118 Å². The summed E-state index contributed by atoms with van der Waals surface area (Å²) < 4.78 is 11.6. The third-order valence-corrected chi connectivity index (χ3v) is 4.84. The Balaban J connectivity index is 2.08. The Hall–Kier alpha value is -4.27. The normalized spacial score (nSPS) is 11.6. The maximum absolute atomic E-state index is 13.0. The van der Waals surface area contributed by atoms with E-state index in [2.05, 4.69) is 0 Å². The fourth-order valence-electron chi connectivity index (χ4n) is 3.29. The number of nitrogens with zero attached hydrogens (tertiary/aromatic N) is 2. The second kappa shape index (κ2) is 11.0. The molecule has 34 heavy (non-hydrogen) atoms. The zero-order valence-corrected chi connectivity index (χ0v) is 18.7. The molecule has 0 spiro atoms. The molecule has 0 bridgehead atoms. The summed E-state index contributed by atoms with van der Waals surface area (Å²) in [4.78, 5) is 49.1. The minimum atomic E-state index is -1.25. The Morgan fingerprint density at radius 1 is 1.00 bits per heavy atom. The van der Waals surface area contributed by atoms with Gasteiger partial charge in [-0.15, -0.1) is 0 Å². The highest BCUT2D eigenvalue weighted by atomic mass is 16.6. The molecule has 1 unspecified atom stereocenters. The Morgan fingerprint density at radius 2 is 1.62 bits per heavy atom. The Kier molecular flexibility index (Phi) is 7.92. The lowest BCUT2D eigenvalue weighted by Crippen LogP contribution is -2.33. The maximum Gasteiger partial charge on any atom is 0.421 e. The number of rotatable bonds is 8. The second-order valence-electron chi connectivity index (χ2n) is 7.99. The average molecular weight is 464 g/mol. The number of benzene rings is 2. The van der Waals surface area contributed by atoms with Crippen LogP contribution in [0.4, 0.5) is 10.5 Å². The van der Waals surface area contributed by atoms with Gasteiger partial charge in [-0.3, -0.25) is 19.7 Å². The number of nitro groups is 1. The summed E-state index contributed by atoms with van der Waals surface area (Å²) in [6, 6.07) is 19.0. The lowest BCUT2D eigenvalue weighted by atomic mass is 10.0. The van der Waals surface area contributed by atoms with Crippen molar-refractivity contribution in [2.24, 2.45) is 5.92 Å². The average Bonchev–Trinajstić information content (AvgIpc) is 2.81. The minimum absolute atomic E-state index is 0.00735. The summed E-state index contributed by atoms with van der Waals surface area (Å²) in [5, 5.41) is 11.5. The van der Waals surface area contributed by atoms with Crippen molar-refractivity contribution in [2.75, 3.05) is 0 Å². The molecule has 1 heterocycles. The molecule has 0 saturated carbocycles. The van der Waals surface area contributed by atoms with Gasteiger partial charge in [-0.25, -0.2) is 9.36 Å². The summed E-state index contributed by atoms with van der Waals surface area (Å²) in [5.41, 5.74) is -0.559. The third-order valence-electron chi connectivity index (χ3n) is 4.84. The molecule has 3 rings (SSSR count). The molecule has 9 nitrogen and oxygen atoms in total. The summed E-state index contributed by atoms with van der Waals surface area (Å²) in [5.74, 6) is -0.584. The molecule has 1 aromatic heterocycles. The van der Waals surface area contributed by atoms with E-state index < -0.39 is 34.3 Å². The van der Waals surface area contributed by atoms with Crippen molar-refractivity contribution in [1.29, 1.82) is 0 Å². The number of hydrogen-bond donors (Lipinski definition) is 0. The monoisotopic (exact) mass is 464 g/mol. The maximum atomic E-state index is 13.0. The molecule has 0 aliphatic heterocycles. The van der Waals surface area contributed by atoms with E-state index in [9.17, 15) is 24.5 Å². The van der Waals surface area contributed by atoms with Crippen LogP contribution in [0.25, 0.3) is 0 Å². The van der Waals surface area contributed by atoms with E-state index in [-0.39, 0.29) is 24.6 Å². The molecule has 0 aliphatic carbocycles. The van der Waals surface area contributed by atoms with Gasteiger partial charge in [0.2, 0.25) is 0 Å². The molecule has 2 aromatic carbocycles. The molecule has 0 N–H and O–H groups in total. The first kappa shape index (κ1) is 24.4. The van der Waals surface area contributed by atoms with E-state index in [4.69, 9.17) is 9.47 Å². The molecule has 9 heteroatoms. The number of aromatic nitrogens is 1. The van der Waals surface area contributed by atoms with Gasteiger partial charge in [0.1, 0.15) is 6.61 Å². The molecule has 0 amide bonds.